The van der Waals surface area contributed by atoms with Crippen LogP contribution in [0.1, 0.15) is 31.0 Å². The number of methoxy groups -OCH3 is 2. The highest BCUT2D eigenvalue weighted by Crippen LogP contribution is 2.35. The Bertz CT molecular complexity index is 958. The van der Waals surface area contributed by atoms with Crippen LogP contribution in [0.25, 0.3) is 0 Å². The van der Waals surface area contributed by atoms with Crippen molar-refractivity contribution >= 4 is 21.6 Å². The zero-order valence-corrected chi connectivity index (χ0v) is 18.4. The zero-order chi connectivity index (χ0) is 21.8. The van der Waals surface area contributed by atoms with E-state index in [1.165, 1.54) is 27.2 Å². The molecule has 0 fully saturated rings. The van der Waals surface area contributed by atoms with Crippen LogP contribution in [0, 0.1) is 6.92 Å². The topological polar surface area (TPSA) is 84.9 Å². The van der Waals surface area contributed by atoms with Crippen molar-refractivity contribution in [1.29, 1.82) is 0 Å². The molecule has 0 saturated heterocycles. The lowest BCUT2D eigenvalue weighted by Gasteiger charge is -2.30. The van der Waals surface area contributed by atoms with Gasteiger partial charge >= 0.3 is 0 Å². The van der Waals surface area contributed by atoms with E-state index in [0.717, 1.165) is 21.7 Å². The van der Waals surface area contributed by atoms with Gasteiger partial charge in [-0.3, -0.25) is 9.10 Å². The van der Waals surface area contributed by atoms with Gasteiger partial charge in [0.25, 0.3) is 0 Å². The molecular weight excluding hydrogens is 392 g/mol. The second-order valence-electron chi connectivity index (χ2n) is 6.91. The molecule has 2 atom stereocenters. The number of sulfonamides is 1. The summed E-state index contributed by atoms with van der Waals surface area (Å²) < 4.78 is 36.8. The molecule has 7 nitrogen and oxygen atoms in total. The van der Waals surface area contributed by atoms with Crippen molar-refractivity contribution in [2.45, 2.75) is 32.9 Å². The molecule has 0 aliphatic carbocycles. The van der Waals surface area contributed by atoms with Crippen LogP contribution in [0.3, 0.4) is 0 Å². The number of hydrogen-bond acceptors (Lipinski definition) is 5. The van der Waals surface area contributed by atoms with Gasteiger partial charge in [0.15, 0.2) is 0 Å². The number of rotatable bonds is 8. The highest BCUT2D eigenvalue weighted by molar-refractivity contribution is 7.92. The second-order valence-corrected chi connectivity index (χ2v) is 8.77. The van der Waals surface area contributed by atoms with E-state index in [9.17, 15) is 13.2 Å². The van der Waals surface area contributed by atoms with E-state index in [1.54, 1.807) is 12.1 Å². The van der Waals surface area contributed by atoms with Crippen molar-refractivity contribution in [2.24, 2.45) is 0 Å². The molecule has 1 N–H and O–H groups in total. The average Bonchev–Trinajstić information content (AvgIpc) is 2.67. The first-order valence-corrected chi connectivity index (χ1v) is 11.0. The lowest BCUT2D eigenvalue weighted by molar-refractivity contribution is -0.122. The highest BCUT2D eigenvalue weighted by Gasteiger charge is 2.32. The monoisotopic (exact) mass is 420 g/mol. The number of nitrogens with zero attached hydrogens (tertiary/aromatic N) is 1. The maximum absolute atomic E-state index is 12.9. The number of carbonyl (C=O) groups is 1. The molecule has 2 aromatic rings. The molecule has 0 unspecified atom stereocenters. The SMILES string of the molecule is COc1ccc(OC)c(N([C@H](C)C(=O)N[C@@H](C)c2ccc(C)cc2)S(C)(=O)=O)c1. The van der Waals surface area contributed by atoms with Crippen LogP contribution < -0.4 is 19.1 Å². The zero-order valence-electron chi connectivity index (χ0n) is 17.6. The molecule has 0 spiro atoms. The summed E-state index contributed by atoms with van der Waals surface area (Å²) in [4.78, 5) is 12.9. The normalized spacial score (nSPS) is 13.3. The maximum atomic E-state index is 12.9. The van der Waals surface area contributed by atoms with Crippen LogP contribution in [0.15, 0.2) is 42.5 Å². The van der Waals surface area contributed by atoms with Gasteiger partial charge < -0.3 is 14.8 Å². The number of aryl methyl sites for hydroxylation is 1. The Morgan fingerprint density at radius 1 is 1.03 bits per heavy atom. The number of carbonyl (C=O) groups excluding carboxylic acids is 1. The summed E-state index contributed by atoms with van der Waals surface area (Å²) in [5.41, 5.74) is 2.29. The van der Waals surface area contributed by atoms with Gasteiger partial charge in [-0.05, 0) is 38.5 Å². The number of amides is 1. The molecule has 2 rings (SSSR count). The molecule has 0 aromatic heterocycles. The summed E-state index contributed by atoms with van der Waals surface area (Å²) in [5, 5.41) is 2.89. The summed E-state index contributed by atoms with van der Waals surface area (Å²) in [7, 11) is -0.867. The van der Waals surface area contributed by atoms with Gasteiger partial charge in [0, 0.05) is 6.07 Å². The predicted molar refractivity (Wildman–Crippen MR) is 114 cm³/mol. The van der Waals surface area contributed by atoms with Crippen molar-refractivity contribution in [1.82, 2.24) is 5.32 Å². The molecular formula is C21H28N2O5S. The van der Waals surface area contributed by atoms with E-state index in [0.29, 0.717) is 11.5 Å². The van der Waals surface area contributed by atoms with E-state index < -0.39 is 22.0 Å². The molecule has 1 amide bonds. The molecule has 29 heavy (non-hydrogen) atoms. The fourth-order valence-electron chi connectivity index (χ4n) is 3.02. The standard InChI is InChI=1S/C21H28N2O5S/c1-14-7-9-17(10-8-14)15(2)22-21(24)16(3)23(29(6,25)26)19-13-18(27-4)11-12-20(19)28-5/h7-13,15-16H,1-6H3,(H,22,24)/t15-,16+/m0/s1. The lowest BCUT2D eigenvalue weighted by Crippen LogP contribution is -2.48. The number of benzene rings is 2. The Labute approximate surface area is 172 Å². The molecule has 158 valence electrons. The number of ether oxygens (including phenoxy) is 2. The summed E-state index contributed by atoms with van der Waals surface area (Å²) in [6.45, 7) is 5.38. The van der Waals surface area contributed by atoms with Crippen LogP contribution in [-0.4, -0.2) is 40.8 Å². The van der Waals surface area contributed by atoms with Crippen molar-refractivity contribution in [3.8, 4) is 11.5 Å². The Morgan fingerprint density at radius 2 is 1.66 bits per heavy atom. The molecule has 0 radical (unpaired) electrons. The fourth-order valence-corrected chi connectivity index (χ4v) is 4.19. The van der Waals surface area contributed by atoms with Crippen molar-refractivity contribution in [3.05, 3.63) is 53.6 Å². The first-order valence-electron chi connectivity index (χ1n) is 9.16. The largest absolute Gasteiger partial charge is 0.497 e. The Morgan fingerprint density at radius 3 is 2.17 bits per heavy atom. The van der Waals surface area contributed by atoms with E-state index in [4.69, 9.17) is 9.47 Å². The molecule has 0 saturated carbocycles. The van der Waals surface area contributed by atoms with E-state index in [1.807, 2.05) is 38.1 Å². The molecule has 2 aromatic carbocycles. The van der Waals surface area contributed by atoms with Crippen molar-refractivity contribution < 1.29 is 22.7 Å². The number of nitrogens with one attached hydrogen (secondary N) is 1. The molecule has 8 heteroatoms. The minimum absolute atomic E-state index is 0.236. The van der Waals surface area contributed by atoms with Gasteiger partial charge in [-0.15, -0.1) is 0 Å². The van der Waals surface area contributed by atoms with Gasteiger partial charge in [-0.2, -0.15) is 0 Å². The summed E-state index contributed by atoms with van der Waals surface area (Å²) in [6.07, 6.45) is 1.05. The molecule has 0 aliphatic heterocycles. The van der Waals surface area contributed by atoms with E-state index in [2.05, 4.69) is 5.32 Å². The third-order valence-electron chi connectivity index (χ3n) is 4.65. The van der Waals surface area contributed by atoms with Crippen LogP contribution in [0.5, 0.6) is 11.5 Å². The van der Waals surface area contributed by atoms with Gasteiger partial charge in [-0.1, -0.05) is 29.8 Å². The Hall–Kier alpha value is -2.74. The minimum Gasteiger partial charge on any atom is -0.497 e. The van der Waals surface area contributed by atoms with Crippen LogP contribution in [0.4, 0.5) is 5.69 Å². The summed E-state index contributed by atoms with van der Waals surface area (Å²) in [6, 6.07) is 11.3. The van der Waals surface area contributed by atoms with Gasteiger partial charge in [0.2, 0.25) is 15.9 Å². The third-order valence-corrected chi connectivity index (χ3v) is 5.88. The first-order chi connectivity index (χ1) is 13.6. The van der Waals surface area contributed by atoms with Crippen LogP contribution in [-0.2, 0) is 14.8 Å². The van der Waals surface area contributed by atoms with Crippen LogP contribution >= 0.6 is 0 Å². The smallest absolute Gasteiger partial charge is 0.244 e. The quantitative estimate of drug-likeness (QED) is 0.710. The number of hydrogen-bond donors (Lipinski definition) is 1. The van der Waals surface area contributed by atoms with Crippen LogP contribution in [0.2, 0.25) is 0 Å². The first kappa shape index (κ1) is 22.5. The van der Waals surface area contributed by atoms with Crippen molar-refractivity contribution in [3.63, 3.8) is 0 Å². The summed E-state index contributed by atoms with van der Waals surface area (Å²) >= 11 is 0. The van der Waals surface area contributed by atoms with E-state index >= 15 is 0 Å². The molecule has 0 heterocycles. The average molecular weight is 421 g/mol. The van der Waals surface area contributed by atoms with Crippen molar-refractivity contribution in [2.75, 3.05) is 24.8 Å². The highest BCUT2D eigenvalue weighted by atomic mass is 32.2. The summed E-state index contributed by atoms with van der Waals surface area (Å²) in [5.74, 6) is 0.353. The predicted octanol–water partition coefficient (Wildman–Crippen LogP) is 3.04. The fraction of sp³-hybridized carbons (Fsp3) is 0.381. The second kappa shape index (κ2) is 9.17. The molecule has 0 aliphatic rings. The third kappa shape index (κ3) is 5.41. The minimum atomic E-state index is -3.79. The molecule has 0 bridgehead atoms. The Kier molecular flexibility index (Phi) is 7.13. The lowest BCUT2D eigenvalue weighted by atomic mass is 10.1. The van der Waals surface area contributed by atoms with Gasteiger partial charge in [0.05, 0.1) is 32.2 Å². The maximum Gasteiger partial charge on any atom is 0.244 e. The Balaban J connectivity index is 2.35. The van der Waals surface area contributed by atoms with E-state index in [-0.39, 0.29) is 11.7 Å². The number of anilines is 1. The van der Waals surface area contributed by atoms with Gasteiger partial charge in [-0.25, -0.2) is 8.42 Å². The van der Waals surface area contributed by atoms with Gasteiger partial charge in [0.1, 0.15) is 17.5 Å².